The number of hydrogen-bond donors (Lipinski definition) is 3. The molecule has 1 atom stereocenters. The Balaban J connectivity index is 1.63. The summed E-state index contributed by atoms with van der Waals surface area (Å²) in [6.45, 7) is 1.75. The summed E-state index contributed by atoms with van der Waals surface area (Å²) in [7, 11) is 0. The number of carbonyl (C=O) groups is 2. The van der Waals surface area contributed by atoms with E-state index < -0.39 is 12.0 Å². The molecule has 0 saturated heterocycles. The van der Waals surface area contributed by atoms with Gasteiger partial charge in [0.1, 0.15) is 0 Å². The second-order valence-corrected chi connectivity index (χ2v) is 6.33. The summed E-state index contributed by atoms with van der Waals surface area (Å²) in [5, 5.41) is 17.0. The molecule has 26 heavy (non-hydrogen) atoms. The minimum Gasteiger partial charge on any atom is -0.378 e. The fourth-order valence-corrected chi connectivity index (χ4v) is 2.46. The molecule has 3 N–H and O–H groups in total. The Labute approximate surface area is 151 Å². The van der Waals surface area contributed by atoms with E-state index in [2.05, 4.69) is 15.8 Å². The summed E-state index contributed by atoms with van der Waals surface area (Å²) in [4.78, 5) is 23.9. The van der Waals surface area contributed by atoms with Crippen LogP contribution >= 0.6 is 0 Å². The maximum atomic E-state index is 12.0. The number of benzene rings is 2. The molecule has 3 rings (SSSR count). The van der Waals surface area contributed by atoms with Gasteiger partial charge in [0, 0.05) is 11.6 Å². The zero-order valence-electron chi connectivity index (χ0n) is 14.5. The lowest BCUT2D eigenvalue weighted by molar-refractivity contribution is -0.129. The summed E-state index contributed by atoms with van der Waals surface area (Å²) in [5.74, 6) is -0.433. The number of amides is 2. The van der Waals surface area contributed by atoms with E-state index in [1.807, 2.05) is 24.3 Å². The van der Waals surface area contributed by atoms with Crippen LogP contribution in [0.3, 0.4) is 0 Å². The second-order valence-electron chi connectivity index (χ2n) is 6.33. The molecule has 2 aromatic carbocycles. The van der Waals surface area contributed by atoms with Crippen molar-refractivity contribution in [2.45, 2.75) is 25.9 Å². The van der Waals surface area contributed by atoms with Gasteiger partial charge in [0.25, 0.3) is 5.91 Å². The van der Waals surface area contributed by atoms with E-state index in [0.717, 1.165) is 18.4 Å². The van der Waals surface area contributed by atoms with E-state index in [0.29, 0.717) is 17.0 Å². The lowest BCUT2D eigenvalue weighted by Gasteiger charge is -2.10. The van der Waals surface area contributed by atoms with Crippen LogP contribution in [-0.4, -0.2) is 22.6 Å². The molecule has 1 aliphatic carbocycles. The predicted octanol–water partition coefficient (Wildman–Crippen LogP) is 2.61. The number of nitrogens with zero attached hydrogens (tertiary/aromatic N) is 1. The Morgan fingerprint density at radius 3 is 2.54 bits per heavy atom. The van der Waals surface area contributed by atoms with E-state index >= 15 is 0 Å². The minimum atomic E-state index is -1.28. The molecular weight excluding hydrogens is 330 g/mol. The third-order valence-electron chi connectivity index (χ3n) is 4.19. The van der Waals surface area contributed by atoms with Crippen molar-refractivity contribution in [2.24, 2.45) is 11.0 Å². The highest BCUT2D eigenvalue weighted by Gasteiger charge is 2.29. The molecule has 0 aromatic heterocycles. The molecular formula is C20H21N3O3. The van der Waals surface area contributed by atoms with Gasteiger partial charge in [0.15, 0.2) is 6.10 Å². The molecule has 1 fully saturated rings. The van der Waals surface area contributed by atoms with Crippen LogP contribution in [0, 0.1) is 5.92 Å². The van der Waals surface area contributed by atoms with Crippen LogP contribution in [0.4, 0.5) is 5.69 Å². The molecule has 1 unspecified atom stereocenters. The summed E-state index contributed by atoms with van der Waals surface area (Å²) >= 11 is 0. The normalized spacial score (nSPS) is 15.2. The largest absolute Gasteiger partial charge is 0.378 e. The highest BCUT2D eigenvalue weighted by molar-refractivity contribution is 6.01. The van der Waals surface area contributed by atoms with E-state index in [4.69, 9.17) is 0 Å². The quantitative estimate of drug-likeness (QED) is 0.552. The Hall–Kier alpha value is -2.99. The van der Waals surface area contributed by atoms with Crippen LogP contribution < -0.4 is 10.7 Å². The van der Waals surface area contributed by atoms with Crippen molar-refractivity contribution in [1.82, 2.24) is 5.43 Å². The van der Waals surface area contributed by atoms with Gasteiger partial charge in [-0.2, -0.15) is 5.10 Å². The number of rotatable bonds is 6. The second kappa shape index (κ2) is 7.93. The van der Waals surface area contributed by atoms with Crippen LogP contribution in [0.15, 0.2) is 59.7 Å². The smallest absolute Gasteiger partial charge is 0.273 e. The molecule has 0 heterocycles. The van der Waals surface area contributed by atoms with Crippen LogP contribution in [0.1, 0.15) is 37.0 Å². The Morgan fingerprint density at radius 2 is 1.85 bits per heavy atom. The van der Waals surface area contributed by atoms with Crippen LogP contribution in [0.2, 0.25) is 0 Å². The molecule has 2 aromatic rings. The predicted molar refractivity (Wildman–Crippen MR) is 99.6 cm³/mol. The van der Waals surface area contributed by atoms with Crippen molar-refractivity contribution < 1.29 is 14.7 Å². The SMILES string of the molecule is C/C(=N\NC(=O)C(O)c1ccccc1)c1cccc(NC(=O)C2CC2)c1. The third kappa shape index (κ3) is 4.55. The molecule has 0 aliphatic heterocycles. The van der Waals surface area contributed by atoms with Crippen LogP contribution in [0.25, 0.3) is 0 Å². The average Bonchev–Trinajstić information content (AvgIpc) is 3.51. The highest BCUT2D eigenvalue weighted by Crippen LogP contribution is 2.30. The van der Waals surface area contributed by atoms with Gasteiger partial charge in [-0.25, -0.2) is 5.43 Å². The van der Waals surface area contributed by atoms with Crippen molar-refractivity contribution in [2.75, 3.05) is 5.32 Å². The summed E-state index contributed by atoms with van der Waals surface area (Å²) < 4.78 is 0. The van der Waals surface area contributed by atoms with Gasteiger partial charge in [-0.05, 0) is 43.0 Å². The van der Waals surface area contributed by atoms with Gasteiger partial charge >= 0.3 is 0 Å². The number of anilines is 1. The minimum absolute atomic E-state index is 0.0380. The summed E-state index contributed by atoms with van der Waals surface area (Å²) in [6, 6.07) is 15.9. The fraction of sp³-hybridized carbons (Fsp3) is 0.250. The molecule has 0 radical (unpaired) electrons. The van der Waals surface area contributed by atoms with Crippen molar-refractivity contribution in [3.63, 3.8) is 0 Å². The zero-order valence-corrected chi connectivity index (χ0v) is 14.5. The first kappa shape index (κ1) is 17.8. The highest BCUT2D eigenvalue weighted by atomic mass is 16.3. The number of hydrazone groups is 1. The molecule has 2 amide bonds. The maximum absolute atomic E-state index is 12.0. The van der Waals surface area contributed by atoms with Crippen LogP contribution in [0.5, 0.6) is 0 Å². The van der Waals surface area contributed by atoms with Gasteiger partial charge in [-0.3, -0.25) is 9.59 Å². The molecule has 0 spiro atoms. The topological polar surface area (TPSA) is 90.8 Å². The average molecular weight is 351 g/mol. The number of carbonyl (C=O) groups excluding carboxylic acids is 2. The lowest BCUT2D eigenvalue weighted by Crippen LogP contribution is -2.26. The summed E-state index contributed by atoms with van der Waals surface area (Å²) in [6.07, 6.45) is 0.612. The van der Waals surface area contributed by atoms with Crippen molar-refractivity contribution in [1.29, 1.82) is 0 Å². The first-order valence-electron chi connectivity index (χ1n) is 8.53. The zero-order chi connectivity index (χ0) is 18.5. The molecule has 6 heteroatoms. The van der Waals surface area contributed by atoms with Gasteiger partial charge in [-0.15, -0.1) is 0 Å². The number of nitrogens with one attached hydrogen (secondary N) is 2. The van der Waals surface area contributed by atoms with E-state index in [1.165, 1.54) is 0 Å². The molecule has 134 valence electrons. The number of aliphatic hydroxyl groups excluding tert-OH is 1. The van der Waals surface area contributed by atoms with E-state index in [-0.39, 0.29) is 11.8 Å². The molecule has 0 bridgehead atoms. The molecule has 1 saturated carbocycles. The maximum Gasteiger partial charge on any atom is 0.273 e. The Bertz CT molecular complexity index is 829. The van der Waals surface area contributed by atoms with E-state index in [9.17, 15) is 14.7 Å². The van der Waals surface area contributed by atoms with Crippen molar-refractivity contribution in [3.05, 3.63) is 65.7 Å². The Morgan fingerprint density at radius 1 is 1.12 bits per heavy atom. The van der Waals surface area contributed by atoms with Crippen molar-refractivity contribution >= 4 is 23.2 Å². The fourth-order valence-electron chi connectivity index (χ4n) is 2.46. The summed E-state index contributed by atoms with van der Waals surface area (Å²) in [5.41, 5.74) is 4.92. The van der Waals surface area contributed by atoms with Gasteiger partial charge in [0.2, 0.25) is 5.91 Å². The van der Waals surface area contributed by atoms with Crippen LogP contribution in [-0.2, 0) is 9.59 Å². The number of hydrogen-bond acceptors (Lipinski definition) is 4. The molecule has 1 aliphatic rings. The monoisotopic (exact) mass is 351 g/mol. The van der Waals surface area contributed by atoms with Gasteiger partial charge in [0.05, 0.1) is 5.71 Å². The first-order chi connectivity index (χ1) is 12.5. The lowest BCUT2D eigenvalue weighted by atomic mass is 10.1. The first-order valence-corrected chi connectivity index (χ1v) is 8.53. The standard InChI is InChI=1S/C20H21N3O3/c1-13(22-23-20(26)18(24)14-6-3-2-4-7-14)16-8-5-9-17(12-16)21-19(25)15-10-11-15/h2-9,12,15,18,24H,10-11H2,1H3,(H,21,25)(H,23,26)/b22-13+. The van der Waals surface area contributed by atoms with E-state index in [1.54, 1.807) is 37.3 Å². The van der Waals surface area contributed by atoms with Gasteiger partial charge in [-0.1, -0.05) is 42.5 Å². The van der Waals surface area contributed by atoms with Gasteiger partial charge < -0.3 is 10.4 Å². The Kier molecular flexibility index (Phi) is 5.43. The third-order valence-corrected chi connectivity index (χ3v) is 4.19. The van der Waals surface area contributed by atoms with Crippen molar-refractivity contribution in [3.8, 4) is 0 Å². The number of aliphatic hydroxyl groups is 1. The molecule has 6 nitrogen and oxygen atoms in total.